The Balaban J connectivity index is 1.91. The van der Waals surface area contributed by atoms with E-state index in [1.165, 1.54) is 12.1 Å². The van der Waals surface area contributed by atoms with E-state index in [0.29, 0.717) is 5.02 Å². The molecule has 2 N–H and O–H groups in total. The van der Waals surface area contributed by atoms with Crippen LogP contribution in [0.1, 0.15) is 37.1 Å². The van der Waals surface area contributed by atoms with Crippen LogP contribution < -0.4 is 15.4 Å². The van der Waals surface area contributed by atoms with Crippen LogP contribution in [0.25, 0.3) is 0 Å². The number of amides is 2. The van der Waals surface area contributed by atoms with Gasteiger partial charge in [-0.05, 0) is 49.2 Å². The van der Waals surface area contributed by atoms with Crippen molar-refractivity contribution in [2.45, 2.75) is 32.5 Å². The van der Waals surface area contributed by atoms with Gasteiger partial charge in [-0.1, -0.05) is 35.9 Å². The number of hydrogen-bond donors (Lipinski definition) is 2. The summed E-state index contributed by atoms with van der Waals surface area (Å²) in [6, 6.07) is 12.5. The molecule has 7 heteroatoms. The molecule has 0 aliphatic heterocycles. The lowest BCUT2D eigenvalue weighted by Crippen LogP contribution is -2.38. The lowest BCUT2D eigenvalue weighted by molar-refractivity contribution is -0.0498. The van der Waals surface area contributed by atoms with Gasteiger partial charge in [-0.2, -0.15) is 8.78 Å². The van der Waals surface area contributed by atoms with Crippen LogP contribution in [0.2, 0.25) is 5.02 Å². The topological polar surface area (TPSA) is 50.4 Å². The van der Waals surface area contributed by atoms with E-state index < -0.39 is 6.61 Å². The van der Waals surface area contributed by atoms with Gasteiger partial charge in [-0.25, -0.2) is 4.79 Å². The molecule has 0 bridgehead atoms. The highest BCUT2D eigenvalue weighted by Crippen LogP contribution is 2.20. The first-order valence-corrected chi connectivity index (χ1v) is 8.10. The molecule has 0 radical (unpaired) electrons. The Hall–Kier alpha value is -2.34. The molecule has 2 aromatic carbocycles. The van der Waals surface area contributed by atoms with Gasteiger partial charge in [0.15, 0.2) is 0 Å². The van der Waals surface area contributed by atoms with Gasteiger partial charge in [0.05, 0.1) is 12.1 Å². The lowest BCUT2D eigenvalue weighted by Gasteiger charge is -2.19. The predicted molar refractivity (Wildman–Crippen MR) is 93.0 cm³/mol. The number of benzene rings is 2. The zero-order valence-electron chi connectivity index (χ0n) is 13.8. The van der Waals surface area contributed by atoms with E-state index >= 15 is 0 Å². The molecule has 0 aliphatic rings. The molecule has 4 nitrogen and oxygen atoms in total. The van der Waals surface area contributed by atoms with E-state index in [0.717, 1.165) is 11.1 Å². The maximum Gasteiger partial charge on any atom is 0.387 e. The van der Waals surface area contributed by atoms with E-state index in [1.54, 1.807) is 31.2 Å². The summed E-state index contributed by atoms with van der Waals surface area (Å²) in [4.78, 5) is 12.1. The van der Waals surface area contributed by atoms with Crippen molar-refractivity contribution in [3.8, 4) is 5.75 Å². The molecule has 0 saturated heterocycles. The summed E-state index contributed by atoms with van der Waals surface area (Å²) in [5, 5.41) is 6.23. The number of hydrogen-bond acceptors (Lipinski definition) is 2. The van der Waals surface area contributed by atoms with Crippen molar-refractivity contribution in [1.29, 1.82) is 0 Å². The van der Waals surface area contributed by atoms with Gasteiger partial charge in [-0.15, -0.1) is 0 Å². The van der Waals surface area contributed by atoms with Gasteiger partial charge in [0.2, 0.25) is 0 Å². The number of rotatable bonds is 6. The fraction of sp³-hybridized carbons (Fsp3) is 0.278. The fourth-order valence-corrected chi connectivity index (χ4v) is 2.51. The first-order valence-electron chi connectivity index (χ1n) is 7.72. The predicted octanol–water partition coefficient (Wildman–Crippen LogP) is 5.06. The molecule has 2 aromatic rings. The Morgan fingerprint density at radius 2 is 1.60 bits per heavy atom. The minimum absolute atomic E-state index is 0.0741. The van der Waals surface area contributed by atoms with Crippen molar-refractivity contribution in [3.63, 3.8) is 0 Å². The SMILES string of the molecule is CC(NC(=O)NC(C)c1cccc(Cl)c1)c1ccc(OC(F)F)cc1. The Morgan fingerprint density at radius 3 is 2.16 bits per heavy atom. The van der Waals surface area contributed by atoms with Crippen molar-refractivity contribution in [1.82, 2.24) is 10.6 Å². The molecule has 0 spiro atoms. The fourth-order valence-electron chi connectivity index (χ4n) is 2.32. The molecule has 25 heavy (non-hydrogen) atoms. The van der Waals surface area contributed by atoms with Crippen LogP contribution in [0.4, 0.5) is 13.6 Å². The first kappa shape index (κ1) is 19.0. The highest BCUT2D eigenvalue weighted by Gasteiger charge is 2.13. The second kappa shape index (κ2) is 8.67. The third-order valence-electron chi connectivity index (χ3n) is 3.65. The summed E-state index contributed by atoms with van der Waals surface area (Å²) in [6.07, 6.45) is 0. The van der Waals surface area contributed by atoms with Gasteiger partial charge in [0.25, 0.3) is 0 Å². The minimum atomic E-state index is -2.86. The minimum Gasteiger partial charge on any atom is -0.435 e. The molecule has 2 unspecified atom stereocenters. The second-order valence-electron chi connectivity index (χ2n) is 5.56. The summed E-state index contributed by atoms with van der Waals surface area (Å²) < 4.78 is 28.6. The van der Waals surface area contributed by atoms with Crippen molar-refractivity contribution < 1.29 is 18.3 Å². The molecule has 134 valence electrons. The van der Waals surface area contributed by atoms with E-state index in [1.807, 2.05) is 19.1 Å². The second-order valence-corrected chi connectivity index (χ2v) is 6.00. The molecule has 2 atom stereocenters. The summed E-state index contributed by atoms with van der Waals surface area (Å²) >= 11 is 5.95. The number of nitrogens with one attached hydrogen (secondary N) is 2. The molecule has 2 amide bonds. The van der Waals surface area contributed by atoms with E-state index in [9.17, 15) is 13.6 Å². The summed E-state index contributed by atoms with van der Waals surface area (Å²) in [5.41, 5.74) is 1.66. The highest BCUT2D eigenvalue weighted by molar-refractivity contribution is 6.30. The number of carbonyl (C=O) groups is 1. The third kappa shape index (κ3) is 5.90. The largest absolute Gasteiger partial charge is 0.435 e. The number of urea groups is 1. The molecule has 0 aromatic heterocycles. The van der Waals surface area contributed by atoms with Crippen LogP contribution >= 0.6 is 11.6 Å². The smallest absolute Gasteiger partial charge is 0.387 e. The number of alkyl halides is 2. The van der Waals surface area contributed by atoms with Gasteiger partial charge in [0.1, 0.15) is 5.75 Å². The van der Waals surface area contributed by atoms with Crippen molar-refractivity contribution in [3.05, 3.63) is 64.7 Å². The highest BCUT2D eigenvalue weighted by atomic mass is 35.5. The van der Waals surface area contributed by atoms with Crippen molar-refractivity contribution >= 4 is 17.6 Å². The van der Waals surface area contributed by atoms with E-state index in [2.05, 4.69) is 15.4 Å². The lowest BCUT2D eigenvalue weighted by atomic mass is 10.1. The Kier molecular flexibility index (Phi) is 6.58. The number of ether oxygens (including phenoxy) is 1. The number of halogens is 3. The Morgan fingerprint density at radius 1 is 1.00 bits per heavy atom. The van der Waals surface area contributed by atoms with Crippen LogP contribution in [-0.4, -0.2) is 12.6 Å². The molecule has 0 saturated carbocycles. The van der Waals surface area contributed by atoms with Crippen LogP contribution in [0.5, 0.6) is 5.75 Å². The molecule has 0 aliphatic carbocycles. The average Bonchev–Trinajstić information content (AvgIpc) is 2.54. The molecular formula is C18H19ClF2N2O2. The first-order chi connectivity index (χ1) is 11.8. The quantitative estimate of drug-likeness (QED) is 0.748. The molecule has 2 rings (SSSR count). The zero-order chi connectivity index (χ0) is 18.4. The van der Waals surface area contributed by atoms with Gasteiger partial charge in [0, 0.05) is 5.02 Å². The summed E-state index contributed by atoms with van der Waals surface area (Å²) in [6.45, 7) is 0.791. The standard InChI is InChI=1S/C18H19ClF2N2O2/c1-11(13-6-8-16(9-7-13)25-17(20)21)22-18(24)23-12(2)14-4-3-5-15(19)10-14/h3-12,17H,1-2H3,(H2,22,23,24). The van der Waals surface area contributed by atoms with Crippen LogP contribution in [0, 0.1) is 0 Å². The van der Waals surface area contributed by atoms with E-state index in [4.69, 9.17) is 11.6 Å². The average molecular weight is 369 g/mol. The zero-order valence-corrected chi connectivity index (χ0v) is 14.6. The molecule has 0 heterocycles. The normalized spacial score (nSPS) is 13.2. The van der Waals surface area contributed by atoms with Crippen LogP contribution in [-0.2, 0) is 0 Å². The van der Waals surface area contributed by atoms with Crippen LogP contribution in [0.15, 0.2) is 48.5 Å². The Bertz CT molecular complexity index is 710. The van der Waals surface area contributed by atoms with Gasteiger partial charge in [-0.3, -0.25) is 0 Å². The number of carbonyl (C=O) groups excluding carboxylic acids is 1. The maximum atomic E-state index is 12.1. The van der Waals surface area contributed by atoms with Crippen molar-refractivity contribution in [2.24, 2.45) is 0 Å². The maximum absolute atomic E-state index is 12.1. The summed E-state index contributed by atoms with van der Waals surface area (Å²) in [7, 11) is 0. The molecular weight excluding hydrogens is 350 g/mol. The van der Waals surface area contributed by atoms with Crippen molar-refractivity contribution in [2.75, 3.05) is 0 Å². The Labute approximate surface area is 150 Å². The van der Waals surface area contributed by atoms with Crippen LogP contribution in [0.3, 0.4) is 0 Å². The van der Waals surface area contributed by atoms with E-state index in [-0.39, 0.29) is 23.9 Å². The van der Waals surface area contributed by atoms with Gasteiger partial charge < -0.3 is 15.4 Å². The molecule has 0 fully saturated rings. The monoisotopic (exact) mass is 368 g/mol. The van der Waals surface area contributed by atoms with Gasteiger partial charge >= 0.3 is 12.6 Å². The third-order valence-corrected chi connectivity index (χ3v) is 3.88. The summed E-state index contributed by atoms with van der Waals surface area (Å²) in [5.74, 6) is 0.0741.